The third-order valence-electron chi connectivity index (χ3n) is 3.75. The zero-order valence-electron chi connectivity index (χ0n) is 11.2. The first-order valence-corrected chi connectivity index (χ1v) is 6.66. The van der Waals surface area contributed by atoms with Gasteiger partial charge in [0, 0.05) is 13.1 Å². The van der Waals surface area contributed by atoms with Gasteiger partial charge in [0.1, 0.15) is 6.07 Å². The molecule has 1 heterocycles. The number of nitriles is 1. The second-order valence-electron chi connectivity index (χ2n) is 5.08. The maximum absolute atomic E-state index is 9.22. The Kier molecular flexibility index (Phi) is 4.22. The minimum Gasteiger partial charge on any atom is -0.370 e. The van der Waals surface area contributed by atoms with Crippen LogP contribution in [0.25, 0.3) is 0 Å². The Morgan fingerprint density at radius 2 is 2.17 bits per heavy atom. The summed E-state index contributed by atoms with van der Waals surface area (Å²) in [5.41, 5.74) is 3.06. The number of benzene rings is 1. The topological polar surface area (TPSA) is 39.1 Å². The molecule has 3 nitrogen and oxygen atoms in total. The normalized spacial score (nSPS) is 19.9. The van der Waals surface area contributed by atoms with Gasteiger partial charge in [0.15, 0.2) is 0 Å². The molecule has 1 atom stereocenters. The Bertz CT molecular complexity index is 440. The van der Waals surface area contributed by atoms with Crippen LogP contribution in [-0.2, 0) is 0 Å². The van der Waals surface area contributed by atoms with E-state index in [4.69, 9.17) is 0 Å². The Morgan fingerprint density at radius 1 is 1.33 bits per heavy atom. The number of hydrogen-bond acceptors (Lipinski definition) is 3. The van der Waals surface area contributed by atoms with Gasteiger partial charge in [-0.15, -0.1) is 0 Å². The molecule has 1 aliphatic heterocycles. The molecule has 0 spiro atoms. The van der Waals surface area contributed by atoms with Crippen molar-refractivity contribution >= 4 is 5.69 Å². The molecule has 96 valence electrons. The van der Waals surface area contributed by atoms with Gasteiger partial charge in [0.2, 0.25) is 0 Å². The van der Waals surface area contributed by atoms with Crippen LogP contribution >= 0.6 is 0 Å². The van der Waals surface area contributed by atoms with Crippen LogP contribution in [-0.4, -0.2) is 26.2 Å². The average Bonchev–Trinajstić information content (AvgIpc) is 2.66. The average molecular weight is 243 g/mol. The molecule has 1 saturated heterocycles. The van der Waals surface area contributed by atoms with Gasteiger partial charge in [0.05, 0.1) is 11.3 Å². The SMILES string of the molecule is Cc1ccc(C#N)c(N(C)C2CCCNCC2)c1. The number of aryl methyl sites for hydroxylation is 1. The fourth-order valence-corrected chi connectivity index (χ4v) is 2.61. The molecular formula is C15H21N3. The largest absolute Gasteiger partial charge is 0.370 e. The molecule has 1 aromatic carbocycles. The van der Waals surface area contributed by atoms with Crippen molar-refractivity contribution in [3.8, 4) is 6.07 Å². The van der Waals surface area contributed by atoms with Crippen molar-refractivity contribution in [2.75, 3.05) is 25.0 Å². The maximum atomic E-state index is 9.22. The molecule has 1 aliphatic rings. The van der Waals surface area contributed by atoms with E-state index >= 15 is 0 Å². The molecule has 0 amide bonds. The zero-order chi connectivity index (χ0) is 13.0. The standard InChI is InChI=1S/C15H21N3/c1-12-5-6-13(11-16)15(10-12)18(2)14-4-3-8-17-9-7-14/h5-6,10,14,17H,3-4,7-9H2,1-2H3. The summed E-state index contributed by atoms with van der Waals surface area (Å²) in [6.45, 7) is 4.26. The number of hydrogen-bond donors (Lipinski definition) is 1. The molecule has 18 heavy (non-hydrogen) atoms. The van der Waals surface area contributed by atoms with Gasteiger partial charge in [-0.05, 0) is 57.0 Å². The van der Waals surface area contributed by atoms with E-state index in [0.717, 1.165) is 30.8 Å². The fourth-order valence-electron chi connectivity index (χ4n) is 2.61. The second kappa shape index (κ2) is 5.88. The Hall–Kier alpha value is -1.53. The summed E-state index contributed by atoms with van der Waals surface area (Å²) in [5, 5.41) is 12.7. The maximum Gasteiger partial charge on any atom is 0.101 e. The van der Waals surface area contributed by atoms with Gasteiger partial charge in [-0.3, -0.25) is 0 Å². The van der Waals surface area contributed by atoms with Crippen molar-refractivity contribution in [3.05, 3.63) is 29.3 Å². The quantitative estimate of drug-likeness (QED) is 0.867. The molecule has 1 fully saturated rings. The number of nitrogens with zero attached hydrogens (tertiary/aromatic N) is 2. The number of rotatable bonds is 2. The summed E-state index contributed by atoms with van der Waals surface area (Å²) < 4.78 is 0. The Balaban J connectivity index is 2.24. The predicted molar refractivity (Wildman–Crippen MR) is 74.8 cm³/mol. The van der Waals surface area contributed by atoms with E-state index in [1.165, 1.54) is 18.4 Å². The van der Waals surface area contributed by atoms with Gasteiger partial charge in [-0.25, -0.2) is 0 Å². The van der Waals surface area contributed by atoms with Gasteiger partial charge >= 0.3 is 0 Å². The van der Waals surface area contributed by atoms with Crippen LogP contribution in [0.1, 0.15) is 30.4 Å². The third-order valence-corrected chi connectivity index (χ3v) is 3.75. The first-order chi connectivity index (χ1) is 8.72. The van der Waals surface area contributed by atoms with E-state index < -0.39 is 0 Å². The van der Waals surface area contributed by atoms with Gasteiger partial charge in [-0.1, -0.05) is 6.07 Å². The molecule has 0 radical (unpaired) electrons. The van der Waals surface area contributed by atoms with Crippen molar-refractivity contribution in [2.24, 2.45) is 0 Å². The van der Waals surface area contributed by atoms with Crippen LogP contribution in [0.5, 0.6) is 0 Å². The minimum absolute atomic E-state index is 0.536. The van der Waals surface area contributed by atoms with E-state index in [9.17, 15) is 5.26 Å². The summed E-state index contributed by atoms with van der Waals surface area (Å²) in [6.07, 6.45) is 3.56. The highest BCUT2D eigenvalue weighted by atomic mass is 15.1. The van der Waals surface area contributed by atoms with Crippen molar-refractivity contribution < 1.29 is 0 Å². The van der Waals surface area contributed by atoms with Crippen LogP contribution in [0, 0.1) is 18.3 Å². The monoisotopic (exact) mass is 243 g/mol. The first-order valence-electron chi connectivity index (χ1n) is 6.66. The summed E-state index contributed by atoms with van der Waals surface area (Å²) >= 11 is 0. The lowest BCUT2D eigenvalue weighted by Gasteiger charge is -2.30. The first kappa shape index (κ1) is 12.9. The zero-order valence-corrected chi connectivity index (χ0v) is 11.2. The van der Waals surface area contributed by atoms with E-state index in [2.05, 4.69) is 36.3 Å². The van der Waals surface area contributed by atoms with Crippen molar-refractivity contribution in [3.63, 3.8) is 0 Å². The van der Waals surface area contributed by atoms with Crippen molar-refractivity contribution in [1.29, 1.82) is 5.26 Å². The van der Waals surface area contributed by atoms with Crippen molar-refractivity contribution in [1.82, 2.24) is 5.32 Å². The summed E-state index contributed by atoms with van der Waals surface area (Å²) in [5.74, 6) is 0. The molecular weight excluding hydrogens is 222 g/mol. The highest BCUT2D eigenvalue weighted by molar-refractivity contribution is 5.60. The lowest BCUT2D eigenvalue weighted by atomic mass is 10.0. The molecule has 0 saturated carbocycles. The summed E-state index contributed by atoms with van der Waals surface area (Å²) in [7, 11) is 2.12. The van der Waals surface area contributed by atoms with E-state index in [-0.39, 0.29) is 0 Å². The van der Waals surface area contributed by atoms with Crippen LogP contribution in [0.15, 0.2) is 18.2 Å². The molecule has 3 heteroatoms. The Labute approximate surface area is 109 Å². The Morgan fingerprint density at radius 3 is 2.94 bits per heavy atom. The number of anilines is 1. The summed E-state index contributed by atoms with van der Waals surface area (Å²) in [6, 6.07) is 8.89. The smallest absolute Gasteiger partial charge is 0.101 e. The predicted octanol–water partition coefficient (Wildman–Crippen LogP) is 2.45. The molecule has 0 aromatic heterocycles. The third kappa shape index (κ3) is 2.83. The lowest BCUT2D eigenvalue weighted by Crippen LogP contribution is -2.33. The van der Waals surface area contributed by atoms with Gasteiger partial charge < -0.3 is 10.2 Å². The van der Waals surface area contributed by atoms with E-state index in [0.29, 0.717) is 6.04 Å². The van der Waals surface area contributed by atoms with Crippen LogP contribution in [0.4, 0.5) is 5.69 Å². The van der Waals surface area contributed by atoms with Crippen LogP contribution < -0.4 is 10.2 Å². The lowest BCUT2D eigenvalue weighted by molar-refractivity contribution is 0.566. The van der Waals surface area contributed by atoms with E-state index in [1.807, 2.05) is 12.1 Å². The molecule has 0 bridgehead atoms. The second-order valence-corrected chi connectivity index (χ2v) is 5.08. The highest BCUT2D eigenvalue weighted by Gasteiger charge is 2.19. The van der Waals surface area contributed by atoms with E-state index in [1.54, 1.807) is 0 Å². The van der Waals surface area contributed by atoms with Crippen LogP contribution in [0.2, 0.25) is 0 Å². The molecule has 1 N–H and O–H groups in total. The fraction of sp³-hybridized carbons (Fsp3) is 0.533. The minimum atomic E-state index is 0.536. The van der Waals surface area contributed by atoms with Crippen molar-refractivity contribution in [2.45, 2.75) is 32.2 Å². The summed E-state index contributed by atoms with van der Waals surface area (Å²) in [4.78, 5) is 2.29. The molecule has 0 aliphatic carbocycles. The molecule has 1 aromatic rings. The molecule has 2 rings (SSSR count). The van der Waals surface area contributed by atoms with Gasteiger partial charge in [-0.2, -0.15) is 5.26 Å². The number of nitrogens with one attached hydrogen (secondary N) is 1. The highest BCUT2D eigenvalue weighted by Crippen LogP contribution is 2.25. The van der Waals surface area contributed by atoms with Gasteiger partial charge in [0.25, 0.3) is 0 Å². The van der Waals surface area contributed by atoms with Crippen LogP contribution in [0.3, 0.4) is 0 Å². The molecule has 1 unspecified atom stereocenters.